The van der Waals surface area contributed by atoms with E-state index in [2.05, 4.69) is 10.6 Å². The van der Waals surface area contributed by atoms with Crippen LogP contribution in [0, 0.1) is 5.92 Å². The first-order valence-corrected chi connectivity index (χ1v) is 10.5. The van der Waals surface area contributed by atoms with E-state index in [4.69, 9.17) is 4.74 Å². The molecule has 1 saturated heterocycles. The molecule has 1 aliphatic heterocycles. The Hall–Kier alpha value is -3.35. The van der Waals surface area contributed by atoms with Gasteiger partial charge >= 0.3 is 0 Å². The standard InChI is InChI=1S/C24H29N3O4/c1-17(28)25-20-9-10-22(31-2)21(16-20)26-24(30)19-12-14-27(15-13-19)23(29)11-8-18-6-4-3-5-7-18/h3-7,9-10,16,19H,8,11-15H2,1-2H3,(H,25,28)(H,26,30). The van der Waals surface area contributed by atoms with Crippen LogP contribution in [0.5, 0.6) is 5.75 Å². The Labute approximate surface area is 182 Å². The molecule has 0 radical (unpaired) electrons. The number of piperidine rings is 1. The van der Waals surface area contributed by atoms with Gasteiger partial charge in [0.15, 0.2) is 0 Å². The maximum atomic E-state index is 12.8. The molecule has 0 bridgehead atoms. The van der Waals surface area contributed by atoms with Crippen molar-refractivity contribution >= 4 is 29.1 Å². The minimum Gasteiger partial charge on any atom is -0.495 e. The summed E-state index contributed by atoms with van der Waals surface area (Å²) in [5.74, 6) is 0.192. The smallest absolute Gasteiger partial charge is 0.227 e. The molecule has 2 aromatic carbocycles. The van der Waals surface area contributed by atoms with Crippen LogP contribution in [0.2, 0.25) is 0 Å². The van der Waals surface area contributed by atoms with E-state index in [9.17, 15) is 14.4 Å². The van der Waals surface area contributed by atoms with Crippen molar-refractivity contribution in [3.8, 4) is 5.75 Å². The molecule has 0 saturated carbocycles. The number of nitrogens with one attached hydrogen (secondary N) is 2. The van der Waals surface area contributed by atoms with E-state index in [1.54, 1.807) is 18.2 Å². The summed E-state index contributed by atoms with van der Waals surface area (Å²) in [6, 6.07) is 15.1. The zero-order valence-corrected chi connectivity index (χ0v) is 18.0. The molecular weight excluding hydrogens is 394 g/mol. The van der Waals surface area contributed by atoms with E-state index in [1.165, 1.54) is 14.0 Å². The maximum absolute atomic E-state index is 12.8. The van der Waals surface area contributed by atoms with E-state index >= 15 is 0 Å². The van der Waals surface area contributed by atoms with Crippen LogP contribution in [0.3, 0.4) is 0 Å². The van der Waals surface area contributed by atoms with Crippen molar-refractivity contribution in [1.29, 1.82) is 0 Å². The highest BCUT2D eigenvalue weighted by atomic mass is 16.5. The Kier molecular flexibility index (Phi) is 7.65. The van der Waals surface area contributed by atoms with Gasteiger partial charge in [0.25, 0.3) is 0 Å². The SMILES string of the molecule is COc1ccc(NC(C)=O)cc1NC(=O)C1CCN(C(=O)CCc2ccccc2)CC1. The van der Waals surface area contributed by atoms with Crippen LogP contribution in [0.25, 0.3) is 0 Å². The van der Waals surface area contributed by atoms with Crippen molar-refractivity contribution in [3.63, 3.8) is 0 Å². The average Bonchev–Trinajstić information content (AvgIpc) is 2.78. The third-order valence-corrected chi connectivity index (χ3v) is 5.47. The van der Waals surface area contributed by atoms with E-state index < -0.39 is 0 Å². The molecule has 0 spiro atoms. The van der Waals surface area contributed by atoms with Gasteiger partial charge in [0.2, 0.25) is 17.7 Å². The lowest BCUT2D eigenvalue weighted by molar-refractivity contribution is -0.134. The first kappa shape index (κ1) is 22.3. The van der Waals surface area contributed by atoms with E-state index in [1.807, 2.05) is 35.2 Å². The van der Waals surface area contributed by atoms with E-state index in [-0.39, 0.29) is 23.6 Å². The van der Waals surface area contributed by atoms with Gasteiger partial charge in [-0.05, 0) is 43.0 Å². The van der Waals surface area contributed by atoms with Gasteiger partial charge in [-0.2, -0.15) is 0 Å². The van der Waals surface area contributed by atoms with Crippen LogP contribution in [0.4, 0.5) is 11.4 Å². The molecule has 2 N–H and O–H groups in total. The van der Waals surface area contributed by atoms with E-state index in [0.717, 1.165) is 12.0 Å². The first-order chi connectivity index (χ1) is 15.0. The fraction of sp³-hybridized carbons (Fsp3) is 0.375. The monoisotopic (exact) mass is 423 g/mol. The summed E-state index contributed by atoms with van der Waals surface area (Å²) in [4.78, 5) is 38.5. The van der Waals surface area contributed by atoms with Crippen LogP contribution in [-0.4, -0.2) is 42.8 Å². The summed E-state index contributed by atoms with van der Waals surface area (Å²) >= 11 is 0. The fourth-order valence-corrected chi connectivity index (χ4v) is 3.77. The van der Waals surface area contributed by atoms with Crippen molar-refractivity contribution < 1.29 is 19.1 Å². The molecule has 1 fully saturated rings. The summed E-state index contributed by atoms with van der Waals surface area (Å²) in [6.45, 7) is 2.58. The third-order valence-electron chi connectivity index (χ3n) is 5.47. The van der Waals surface area contributed by atoms with Gasteiger partial charge < -0.3 is 20.3 Å². The molecule has 1 heterocycles. The minimum absolute atomic E-state index is 0.102. The molecule has 7 nitrogen and oxygen atoms in total. The first-order valence-electron chi connectivity index (χ1n) is 10.5. The normalized spacial score (nSPS) is 14.1. The number of methoxy groups -OCH3 is 1. The van der Waals surface area contributed by atoms with Gasteiger partial charge in [0, 0.05) is 38.0 Å². The molecule has 3 rings (SSSR count). The number of nitrogens with zero attached hydrogens (tertiary/aromatic N) is 1. The second-order valence-corrected chi connectivity index (χ2v) is 7.73. The fourth-order valence-electron chi connectivity index (χ4n) is 3.77. The molecule has 31 heavy (non-hydrogen) atoms. The number of likely N-dealkylation sites (tertiary alicyclic amines) is 1. The number of ether oxygens (including phenoxy) is 1. The molecule has 7 heteroatoms. The maximum Gasteiger partial charge on any atom is 0.227 e. The summed E-state index contributed by atoms with van der Waals surface area (Å²) in [6.07, 6.45) is 2.45. The largest absolute Gasteiger partial charge is 0.495 e. The van der Waals surface area contributed by atoms with Gasteiger partial charge in [-0.25, -0.2) is 0 Å². The van der Waals surface area contributed by atoms with Crippen molar-refractivity contribution in [2.45, 2.75) is 32.6 Å². The third kappa shape index (κ3) is 6.31. The Balaban J connectivity index is 1.52. The Morgan fingerprint density at radius 2 is 1.74 bits per heavy atom. The highest BCUT2D eigenvalue weighted by Gasteiger charge is 2.27. The van der Waals surface area contributed by atoms with Crippen molar-refractivity contribution in [1.82, 2.24) is 4.90 Å². The highest BCUT2D eigenvalue weighted by Crippen LogP contribution is 2.29. The Bertz CT molecular complexity index is 922. The number of carbonyl (C=O) groups excluding carboxylic acids is 3. The lowest BCUT2D eigenvalue weighted by Gasteiger charge is -2.31. The number of carbonyl (C=O) groups is 3. The number of amides is 3. The number of anilines is 2. The van der Waals surface area contributed by atoms with Gasteiger partial charge in [0.05, 0.1) is 12.8 Å². The number of rotatable bonds is 7. The van der Waals surface area contributed by atoms with Gasteiger partial charge in [-0.3, -0.25) is 14.4 Å². The molecule has 164 valence electrons. The summed E-state index contributed by atoms with van der Waals surface area (Å²) in [5, 5.41) is 5.62. The number of hydrogen-bond donors (Lipinski definition) is 2. The second-order valence-electron chi connectivity index (χ2n) is 7.73. The van der Waals surface area contributed by atoms with Crippen LogP contribution >= 0.6 is 0 Å². The predicted octanol–water partition coefficient (Wildman–Crippen LogP) is 3.46. The quantitative estimate of drug-likeness (QED) is 0.714. The molecule has 0 aliphatic carbocycles. The van der Waals surface area contributed by atoms with Crippen molar-refractivity contribution in [3.05, 3.63) is 54.1 Å². The zero-order chi connectivity index (χ0) is 22.2. The lowest BCUT2D eigenvalue weighted by Crippen LogP contribution is -2.41. The number of hydrogen-bond acceptors (Lipinski definition) is 4. The van der Waals surface area contributed by atoms with Crippen molar-refractivity contribution in [2.75, 3.05) is 30.8 Å². The van der Waals surface area contributed by atoms with E-state index in [0.29, 0.717) is 49.5 Å². The van der Waals surface area contributed by atoms with Gasteiger partial charge in [0.1, 0.15) is 5.75 Å². The van der Waals surface area contributed by atoms with Crippen LogP contribution in [-0.2, 0) is 20.8 Å². The second kappa shape index (κ2) is 10.6. The van der Waals surface area contributed by atoms with Gasteiger partial charge in [-0.15, -0.1) is 0 Å². The van der Waals surface area contributed by atoms with Crippen LogP contribution in [0.15, 0.2) is 48.5 Å². The summed E-state index contributed by atoms with van der Waals surface area (Å²) in [7, 11) is 1.53. The predicted molar refractivity (Wildman–Crippen MR) is 120 cm³/mol. The Morgan fingerprint density at radius 3 is 2.39 bits per heavy atom. The molecule has 0 unspecified atom stereocenters. The molecule has 2 aromatic rings. The number of aryl methyl sites for hydroxylation is 1. The molecule has 0 aromatic heterocycles. The topological polar surface area (TPSA) is 87.7 Å². The number of benzene rings is 2. The lowest BCUT2D eigenvalue weighted by atomic mass is 9.95. The molecular formula is C24H29N3O4. The Morgan fingerprint density at radius 1 is 1.03 bits per heavy atom. The molecule has 0 atom stereocenters. The zero-order valence-electron chi connectivity index (χ0n) is 18.0. The molecule has 3 amide bonds. The minimum atomic E-state index is -0.188. The average molecular weight is 424 g/mol. The highest BCUT2D eigenvalue weighted by molar-refractivity contribution is 5.96. The summed E-state index contributed by atoms with van der Waals surface area (Å²) < 4.78 is 5.33. The van der Waals surface area contributed by atoms with Crippen LogP contribution < -0.4 is 15.4 Å². The van der Waals surface area contributed by atoms with Gasteiger partial charge in [-0.1, -0.05) is 30.3 Å². The van der Waals surface area contributed by atoms with Crippen LogP contribution in [0.1, 0.15) is 31.7 Å². The summed E-state index contributed by atoms with van der Waals surface area (Å²) in [5.41, 5.74) is 2.25. The van der Waals surface area contributed by atoms with Crippen molar-refractivity contribution in [2.24, 2.45) is 5.92 Å². The molecule has 1 aliphatic rings.